The normalized spacial score (nSPS) is 52.6. The molecule has 2 heterocycles. The van der Waals surface area contributed by atoms with Crippen LogP contribution >= 0.6 is 0 Å². The maximum atomic E-state index is 12.4. The van der Waals surface area contributed by atoms with E-state index in [4.69, 9.17) is 18.9 Å². The predicted molar refractivity (Wildman–Crippen MR) is 202 cm³/mol. The van der Waals surface area contributed by atoms with E-state index in [9.17, 15) is 51.1 Å². The summed E-state index contributed by atoms with van der Waals surface area (Å²) in [7, 11) is 0. The Labute approximate surface area is 331 Å². The molecule has 2 aliphatic heterocycles. The summed E-state index contributed by atoms with van der Waals surface area (Å²) in [4.78, 5) is 0. The van der Waals surface area contributed by atoms with Gasteiger partial charge in [-0.3, -0.25) is 0 Å². The van der Waals surface area contributed by atoms with Crippen molar-refractivity contribution in [2.75, 3.05) is 13.2 Å². The number of aliphatic hydroxyl groups excluding tert-OH is 9. The maximum absolute atomic E-state index is 12.4. The fraction of sp³-hybridized carbons (Fsp3) is 0.952. The Bertz CT molecular complexity index is 1400. The number of hydrogen-bond donors (Lipinski definition) is 10. The highest BCUT2D eigenvalue weighted by molar-refractivity contribution is 5.22. The van der Waals surface area contributed by atoms with Crippen LogP contribution in [0.3, 0.4) is 0 Å². The maximum Gasteiger partial charge on any atom is 0.187 e. The van der Waals surface area contributed by atoms with Gasteiger partial charge in [-0.05, 0) is 117 Å². The van der Waals surface area contributed by atoms with Crippen molar-refractivity contribution in [2.45, 2.75) is 192 Å². The number of ether oxygens (including phenoxy) is 4. The summed E-state index contributed by atoms with van der Waals surface area (Å²) in [5.74, 6) is -0.422. The van der Waals surface area contributed by atoms with Crippen LogP contribution in [0, 0.1) is 45.3 Å². The lowest BCUT2D eigenvalue weighted by atomic mass is 9.34. The number of hydrogen-bond acceptors (Lipinski definition) is 14. The minimum absolute atomic E-state index is 0.0539. The van der Waals surface area contributed by atoms with Gasteiger partial charge in [0.15, 0.2) is 12.6 Å². The van der Waals surface area contributed by atoms with Gasteiger partial charge in [0.1, 0.15) is 48.8 Å². The molecular formula is C42H72O14. The fourth-order valence-electron chi connectivity index (χ4n) is 13.5. The van der Waals surface area contributed by atoms with Crippen molar-refractivity contribution in [1.29, 1.82) is 0 Å². The van der Waals surface area contributed by atoms with Gasteiger partial charge in [-0.25, -0.2) is 0 Å². The predicted octanol–water partition coefficient (Wildman–Crippen LogP) is 1.12. The van der Waals surface area contributed by atoms with Crippen molar-refractivity contribution in [3.63, 3.8) is 0 Å². The topological polar surface area (TPSA) is 239 Å². The van der Waals surface area contributed by atoms with Crippen LogP contribution in [0.2, 0.25) is 0 Å². The van der Waals surface area contributed by atoms with Crippen molar-refractivity contribution < 1.29 is 70.0 Å². The Balaban J connectivity index is 1.25. The first kappa shape index (κ1) is 44.7. The minimum atomic E-state index is -1.79. The van der Waals surface area contributed by atoms with E-state index in [1.807, 2.05) is 20.8 Å². The van der Waals surface area contributed by atoms with Crippen LogP contribution in [-0.4, -0.2) is 150 Å². The monoisotopic (exact) mass is 800 g/mol. The quantitative estimate of drug-likeness (QED) is 0.110. The number of rotatable bonds is 10. The lowest BCUT2D eigenvalue weighted by Gasteiger charge is -2.71. The van der Waals surface area contributed by atoms with Gasteiger partial charge >= 0.3 is 0 Å². The Morgan fingerprint density at radius 2 is 1.36 bits per heavy atom. The highest BCUT2D eigenvalue weighted by atomic mass is 16.8. The van der Waals surface area contributed by atoms with Crippen LogP contribution in [-0.2, 0) is 18.9 Å². The Kier molecular flexibility index (Phi) is 12.7. The molecule has 0 aromatic heterocycles. The molecule has 6 fully saturated rings. The molecule has 324 valence electrons. The highest BCUT2D eigenvalue weighted by Crippen LogP contribution is 2.76. The second kappa shape index (κ2) is 15.9. The molecule has 6 rings (SSSR count). The van der Waals surface area contributed by atoms with Gasteiger partial charge in [-0.15, -0.1) is 0 Å². The first-order valence-electron chi connectivity index (χ1n) is 21.0. The molecule has 2 saturated heterocycles. The molecule has 14 heteroatoms. The van der Waals surface area contributed by atoms with E-state index in [-0.39, 0.29) is 34.5 Å². The zero-order valence-corrected chi connectivity index (χ0v) is 34.6. The van der Waals surface area contributed by atoms with E-state index in [1.165, 1.54) is 5.57 Å². The zero-order valence-electron chi connectivity index (χ0n) is 34.6. The molecule has 14 nitrogen and oxygen atoms in total. The highest BCUT2D eigenvalue weighted by Gasteiger charge is 2.73. The number of aliphatic hydroxyl groups is 10. The van der Waals surface area contributed by atoms with Gasteiger partial charge < -0.3 is 70.0 Å². The van der Waals surface area contributed by atoms with Crippen LogP contribution in [0.4, 0.5) is 0 Å². The summed E-state index contributed by atoms with van der Waals surface area (Å²) in [6.45, 7) is 15.6. The van der Waals surface area contributed by atoms with Crippen LogP contribution in [0.15, 0.2) is 11.6 Å². The third kappa shape index (κ3) is 7.16. The first-order valence-corrected chi connectivity index (χ1v) is 21.0. The third-order valence-corrected chi connectivity index (χ3v) is 16.5. The van der Waals surface area contributed by atoms with Gasteiger partial charge in [-0.2, -0.15) is 0 Å². The summed E-state index contributed by atoms with van der Waals surface area (Å²) in [5.41, 5.74) is -1.52. The Morgan fingerprint density at radius 3 is 1.96 bits per heavy atom. The molecule has 0 aromatic rings. The van der Waals surface area contributed by atoms with Crippen LogP contribution in [0.1, 0.15) is 107 Å². The van der Waals surface area contributed by atoms with Crippen molar-refractivity contribution >= 4 is 0 Å². The summed E-state index contributed by atoms with van der Waals surface area (Å²) < 4.78 is 24.2. The minimum Gasteiger partial charge on any atom is -0.394 e. The van der Waals surface area contributed by atoms with Crippen LogP contribution in [0.5, 0.6) is 0 Å². The molecular weight excluding hydrogens is 728 g/mol. The van der Waals surface area contributed by atoms with E-state index < -0.39 is 109 Å². The average Bonchev–Trinajstić information content (AvgIpc) is 3.50. The van der Waals surface area contributed by atoms with Crippen molar-refractivity contribution in [1.82, 2.24) is 0 Å². The van der Waals surface area contributed by atoms with E-state index >= 15 is 0 Å². The Hall–Kier alpha value is -0.820. The number of allylic oxidation sites excluding steroid dienone is 2. The first-order chi connectivity index (χ1) is 26.0. The SMILES string of the molecule is CC(C)=CCCC(C)(O)C1CC[C@]2(C)C1[C@H](O)C[C@@H]1[C@@]3(C)CC[C@H](O[C@@H]4O[C@H](CO)[C@@H](O)[C@H](O)[C@H]4O[C@@H]4O[C@H](CO)[C@@H](O)[C@H](O)[C@H]4O)C(C)(C)C3[C@@H](O)C[C@]12C. The van der Waals surface area contributed by atoms with Gasteiger partial charge in [0, 0.05) is 0 Å². The average molecular weight is 801 g/mol. The molecule has 0 radical (unpaired) electrons. The smallest absolute Gasteiger partial charge is 0.187 e. The summed E-state index contributed by atoms with van der Waals surface area (Å²) in [6.07, 6.45) is -10.1. The van der Waals surface area contributed by atoms with E-state index in [1.54, 1.807) is 0 Å². The standard InChI is InChI=1S/C42H72O14/c1-20(2)10-9-13-42(8,52)21-11-15-40(6)28(21)22(45)16-26-39(5)14-12-27(38(3,4)35(39)23(46)17-41(26,40)7)55-37-34(32(50)30(48)25(19-44)54-37)56-36-33(51)31(49)29(47)24(18-43)53-36/h10,21-37,43-52H,9,11-19H2,1-8H3/t21?,22-,23+,24-,25-,26-,27+,28?,29-,30-,31+,32+,33-,34-,35?,36+,37+,39-,40-,41-,42?/m1/s1. The van der Waals surface area contributed by atoms with Gasteiger partial charge in [-0.1, -0.05) is 46.3 Å². The molecule has 0 spiro atoms. The van der Waals surface area contributed by atoms with E-state index in [0.717, 1.165) is 19.3 Å². The molecule has 0 amide bonds. The van der Waals surface area contributed by atoms with Crippen LogP contribution in [0.25, 0.3) is 0 Å². The molecule has 0 aromatic carbocycles. The fourth-order valence-corrected chi connectivity index (χ4v) is 13.5. The van der Waals surface area contributed by atoms with Gasteiger partial charge in [0.25, 0.3) is 0 Å². The number of fused-ring (bicyclic) bond motifs is 5. The summed E-state index contributed by atoms with van der Waals surface area (Å²) >= 11 is 0. The van der Waals surface area contributed by atoms with Crippen molar-refractivity contribution in [2.24, 2.45) is 45.3 Å². The van der Waals surface area contributed by atoms with Crippen molar-refractivity contribution in [3.8, 4) is 0 Å². The molecule has 10 N–H and O–H groups in total. The van der Waals surface area contributed by atoms with Crippen LogP contribution < -0.4 is 0 Å². The molecule has 21 atom stereocenters. The third-order valence-electron chi connectivity index (χ3n) is 16.5. The summed E-state index contributed by atoms with van der Waals surface area (Å²) in [6, 6.07) is 0. The molecule has 4 aliphatic carbocycles. The van der Waals surface area contributed by atoms with E-state index in [2.05, 4.69) is 40.7 Å². The van der Waals surface area contributed by atoms with Crippen molar-refractivity contribution in [3.05, 3.63) is 11.6 Å². The Morgan fingerprint density at radius 1 is 0.750 bits per heavy atom. The molecule has 56 heavy (non-hydrogen) atoms. The molecule has 0 bridgehead atoms. The zero-order chi connectivity index (χ0) is 41.5. The molecule has 4 saturated carbocycles. The molecule has 6 aliphatic rings. The largest absolute Gasteiger partial charge is 0.394 e. The second-order valence-corrected chi connectivity index (χ2v) is 20.3. The molecule has 4 unspecified atom stereocenters. The van der Waals surface area contributed by atoms with E-state index in [0.29, 0.717) is 32.1 Å². The lowest BCUT2D eigenvalue weighted by molar-refractivity contribution is -0.380. The lowest BCUT2D eigenvalue weighted by Crippen LogP contribution is -2.70. The van der Waals surface area contributed by atoms with Gasteiger partial charge in [0.05, 0.1) is 37.1 Å². The second-order valence-electron chi connectivity index (χ2n) is 20.3. The van der Waals surface area contributed by atoms with Gasteiger partial charge in [0.2, 0.25) is 0 Å². The summed E-state index contributed by atoms with van der Waals surface area (Å²) in [5, 5.41) is 110.